The first-order valence-corrected chi connectivity index (χ1v) is 21.2. The van der Waals surface area contributed by atoms with E-state index in [-0.39, 0.29) is 27.4 Å². The average molecular weight is 1270 g/mol. The molecule has 0 saturated carbocycles. The lowest BCUT2D eigenvalue weighted by atomic mass is 9.76. The zero-order chi connectivity index (χ0) is 44.1. The lowest BCUT2D eigenvalue weighted by molar-refractivity contribution is -0.129. The Hall–Kier alpha value is -1.96. The molecule has 0 aliphatic heterocycles. The van der Waals surface area contributed by atoms with Gasteiger partial charge in [0.25, 0.3) is 17.7 Å². The molecule has 2 rings (SSSR count). The number of halogens is 4. The first-order chi connectivity index (χ1) is 27.3. The maximum atomic E-state index is 14.5. The van der Waals surface area contributed by atoms with Crippen LogP contribution in [-0.4, -0.2) is 186 Å². The highest BCUT2D eigenvalue weighted by molar-refractivity contribution is 14.1. The molecular weight excluding hydrogens is 1230 g/mol. The van der Waals surface area contributed by atoms with Crippen LogP contribution in [0.5, 0.6) is 0 Å². The van der Waals surface area contributed by atoms with Crippen molar-refractivity contribution >= 4 is 131 Å². The number of rotatable bonds is 21. The van der Waals surface area contributed by atoms with E-state index in [1.165, 1.54) is 6.07 Å². The van der Waals surface area contributed by atoms with E-state index in [1.54, 1.807) is 90.4 Å². The van der Waals surface area contributed by atoms with E-state index < -0.39 is 152 Å². The van der Waals surface area contributed by atoms with Gasteiger partial charge in [0.05, 0.1) is 71.5 Å². The van der Waals surface area contributed by atoms with Crippen LogP contribution >= 0.6 is 90.4 Å². The van der Waals surface area contributed by atoms with Crippen LogP contribution in [0.25, 0.3) is 5.57 Å². The number of benzene rings is 1. The van der Waals surface area contributed by atoms with Gasteiger partial charge < -0.3 is 83.0 Å². The Balaban J connectivity index is 3.40. The molecule has 5 atom stereocenters. The van der Waals surface area contributed by atoms with Crippen molar-refractivity contribution in [1.82, 2.24) is 31.9 Å². The summed E-state index contributed by atoms with van der Waals surface area (Å²) in [6, 6.07) is 1.18. The number of nitrogens with one attached hydrogen (secondary N) is 6. The molecule has 0 spiro atoms. The summed E-state index contributed by atoms with van der Waals surface area (Å²) < 4.78 is -1.92. The number of carbonyl (C=O) groups excluding carboxylic acids is 6. The third kappa shape index (κ3) is 13.0. The molecule has 0 heterocycles. The van der Waals surface area contributed by atoms with Gasteiger partial charge in [-0.05, 0) is 79.4 Å². The fourth-order valence-electron chi connectivity index (χ4n) is 5.18. The lowest BCUT2D eigenvalue weighted by Gasteiger charge is -2.46. The Labute approximate surface area is 384 Å². The van der Waals surface area contributed by atoms with Gasteiger partial charge in [0, 0.05) is 48.0 Å². The standard InChI is InChI=1S/C32H42I4N6O16/c33-17-1-16(20(28(55)37-2-12(49)6-43)25(34)21(17)29(56)38-3-13(50)7-44)24-22(30(57)39-4-14(51)8-45)26(35)23(31(58)40-5-15(52)9-46)27(36)32(24,41-18(53)10-47)42-19(54)11-48/h1,12-15,27,43-52H,2-11H2,(H,37,55)(H,38,56)(H,39,57)(H,40,58)(H,41,53)(H,42,54). The molecule has 1 aromatic carbocycles. The van der Waals surface area contributed by atoms with Crippen molar-refractivity contribution in [1.29, 1.82) is 0 Å². The Morgan fingerprint density at radius 2 is 0.983 bits per heavy atom. The summed E-state index contributed by atoms with van der Waals surface area (Å²) in [5.41, 5.74) is -5.06. The third-order valence-corrected chi connectivity index (χ3v) is 12.6. The monoisotopic (exact) mass is 1270 g/mol. The van der Waals surface area contributed by atoms with Crippen LogP contribution in [0, 0.1) is 7.14 Å². The fourth-order valence-corrected chi connectivity index (χ4v) is 10.5. The second kappa shape index (κ2) is 24.5. The van der Waals surface area contributed by atoms with Crippen LogP contribution in [0.2, 0.25) is 0 Å². The van der Waals surface area contributed by atoms with Gasteiger partial charge in [-0.1, -0.05) is 22.6 Å². The van der Waals surface area contributed by atoms with Crippen molar-refractivity contribution in [3.8, 4) is 0 Å². The quantitative estimate of drug-likeness (QED) is 0.0310. The summed E-state index contributed by atoms with van der Waals surface area (Å²) in [5.74, 6) is -6.58. The van der Waals surface area contributed by atoms with Gasteiger partial charge in [-0.15, -0.1) is 0 Å². The summed E-state index contributed by atoms with van der Waals surface area (Å²) >= 11 is 6.53. The van der Waals surface area contributed by atoms with Gasteiger partial charge in [0.2, 0.25) is 17.7 Å². The summed E-state index contributed by atoms with van der Waals surface area (Å²) in [7, 11) is 0. The first kappa shape index (κ1) is 52.2. The minimum Gasteiger partial charge on any atom is -0.394 e. The number of amides is 6. The molecule has 0 radical (unpaired) electrons. The van der Waals surface area contributed by atoms with E-state index >= 15 is 0 Å². The predicted octanol–water partition coefficient (Wildman–Crippen LogP) is -5.83. The molecule has 0 saturated heterocycles. The molecule has 1 aliphatic carbocycles. The van der Waals surface area contributed by atoms with Crippen LogP contribution in [0.3, 0.4) is 0 Å². The molecule has 16 N–H and O–H groups in total. The summed E-state index contributed by atoms with van der Waals surface area (Å²) in [6.07, 6.45) is -5.87. The van der Waals surface area contributed by atoms with E-state index in [4.69, 9.17) is 0 Å². The number of hydrogen-bond donors (Lipinski definition) is 16. The summed E-state index contributed by atoms with van der Waals surface area (Å²) in [5, 5.41) is 112. The number of alkyl halides is 1. The van der Waals surface area contributed by atoms with Crippen molar-refractivity contribution in [3.05, 3.63) is 44.6 Å². The molecule has 0 aromatic heterocycles. The molecule has 1 aliphatic rings. The molecule has 324 valence electrons. The molecule has 5 unspecified atom stereocenters. The number of aliphatic hydroxyl groups is 10. The zero-order valence-electron chi connectivity index (χ0n) is 30.0. The zero-order valence-corrected chi connectivity index (χ0v) is 38.6. The van der Waals surface area contributed by atoms with E-state index in [1.807, 2.05) is 0 Å². The van der Waals surface area contributed by atoms with Crippen molar-refractivity contribution in [2.24, 2.45) is 0 Å². The molecule has 6 amide bonds. The van der Waals surface area contributed by atoms with E-state index in [0.29, 0.717) is 0 Å². The summed E-state index contributed by atoms with van der Waals surface area (Å²) in [4.78, 5) is 82.9. The van der Waals surface area contributed by atoms with Crippen LogP contribution in [0.4, 0.5) is 0 Å². The first-order valence-electron chi connectivity index (χ1n) is 16.7. The number of aliphatic hydroxyl groups excluding tert-OH is 10. The maximum Gasteiger partial charge on any atom is 0.253 e. The Kier molecular flexibility index (Phi) is 22.0. The van der Waals surface area contributed by atoms with Crippen molar-refractivity contribution in [2.45, 2.75) is 34.0 Å². The molecule has 58 heavy (non-hydrogen) atoms. The van der Waals surface area contributed by atoms with E-state index in [0.717, 1.165) is 0 Å². The third-order valence-electron chi connectivity index (χ3n) is 7.94. The minimum absolute atomic E-state index is 0.0317. The normalized spacial score (nSPS) is 17.1. The maximum absolute atomic E-state index is 14.5. The molecular formula is C32H42I4N6O16. The van der Waals surface area contributed by atoms with Gasteiger partial charge in [-0.2, -0.15) is 0 Å². The Bertz CT molecular complexity index is 1760. The second-order valence-electron chi connectivity index (χ2n) is 12.2. The van der Waals surface area contributed by atoms with E-state index in [2.05, 4.69) is 31.9 Å². The van der Waals surface area contributed by atoms with Gasteiger partial charge >= 0.3 is 0 Å². The van der Waals surface area contributed by atoms with Crippen molar-refractivity contribution in [2.75, 3.05) is 65.8 Å². The Morgan fingerprint density at radius 3 is 1.38 bits per heavy atom. The lowest BCUT2D eigenvalue weighted by Crippen LogP contribution is -2.69. The van der Waals surface area contributed by atoms with Gasteiger partial charge in [0.15, 0.2) is 5.66 Å². The topological polar surface area (TPSA) is 377 Å². The molecule has 26 heteroatoms. The second-order valence-corrected chi connectivity index (χ2v) is 16.8. The van der Waals surface area contributed by atoms with Crippen LogP contribution in [-0.2, 0) is 19.2 Å². The summed E-state index contributed by atoms with van der Waals surface area (Å²) in [6.45, 7) is -7.79. The van der Waals surface area contributed by atoms with Crippen LogP contribution in [0.1, 0.15) is 26.3 Å². The van der Waals surface area contributed by atoms with Crippen LogP contribution < -0.4 is 31.9 Å². The molecule has 0 bridgehead atoms. The predicted molar refractivity (Wildman–Crippen MR) is 234 cm³/mol. The van der Waals surface area contributed by atoms with Gasteiger partial charge in [-0.25, -0.2) is 0 Å². The highest BCUT2D eigenvalue weighted by Gasteiger charge is 2.54. The molecule has 22 nitrogen and oxygen atoms in total. The average Bonchev–Trinajstić information content (AvgIpc) is 3.20. The molecule has 0 fully saturated rings. The fraction of sp³-hybridized carbons (Fsp3) is 0.500. The van der Waals surface area contributed by atoms with E-state index in [9.17, 15) is 79.8 Å². The molecule has 1 aromatic rings. The number of carbonyl (C=O) groups is 6. The largest absolute Gasteiger partial charge is 0.394 e. The SMILES string of the molecule is O=C(CO)NC1(NC(=O)CO)C(c2cc(I)c(C(=O)NCC(O)CO)c(I)c2C(=O)NCC(O)CO)=C(C(=O)NCC(O)CO)C(I)=C(C(=O)NCC(O)CO)C1I. The Morgan fingerprint density at radius 1 is 0.603 bits per heavy atom. The number of hydrogen-bond acceptors (Lipinski definition) is 16. The highest BCUT2D eigenvalue weighted by atomic mass is 127. The van der Waals surface area contributed by atoms with Crippen LogP contribution in [0.15, 0.2) is 20.8 Å². The van der Waals surface area contributed by atoms with Crippen molar-refractivity contribution < 1.29 is 79.8 Å². The minimum atomic E-state index is -2.61. The van der Waals surface area contributed by atoms with Crippen molar-refractivity contribution in [3.63, 3.8) is 0 Å². The van der Waals surface area contributed by atoms with Gasteiger partial charge in [0.1, 0.15) is 13.2 Å². The highest BCUT2D eigenvalue weighted by Crippen LogP contribution is 2.49. The smallest absolute Gasteiger partial charge is 0.253 e. The van der Waals surface area contributed by atoms with Gasteiger partial charge in [-0.3, -0.25) is 28.8 Å².